The third-order valence-corrected chi connectivity index (χ3v) is 3.56. The van der Waals surface area contributed by atoms with Crippen LogP contribution in [-0.2, 0) is 7.05 Å². The molecule has 1 aliphatic rings. The lowest BCUT2D eigenvalue weighted by molar-refractivity contribution is 0.293. The van der Waals surface area contributed by atoms with Gasteiger partial charge in [0.05, 0.1) is 6.20 Å². The number of nitrogens with zero attached hydrogens (tertiary/aromatic N) is 3. The number of hydrogen-bond acceptors (Lipinski definition) is 3. The molecule has 4 heteroatoms. The average molecular weight is 222 g/mol. The molecular weight excluding hydrogens is 200 g/mol. The van der Waals surface area contributed by atoms with E-state index in [1.165, 1.54) is 24.9 Å². The first kappa shape index (κ1) is 11.6. The molecule has 0 saturated carbocycles. The van der Waals surface area contributed by atoms with E-state index in [1.807, 2.05) is 17.9 Å². The Labute approximate surface area is 97.6 Å². The van der Waals surface area contributed by atoms with Crippen molar-refractivity contribution in [3.05, 3.63) is 18.0 Å². The monoisotopic (exact) mass is 222 g/mol. The van der Waals surface area contributed by atoms with Crippen LogP contribution in [0.1, 0.15) is 31.4 Å². The first-order valence-electron chi connectivity index (χ1n) is 6.09. The lowest BCUT2D eigenvalue weighted by Gasteiger charge is -2.22. The molecule has 16 heavy (non-hydrogen) atoms. The third-order valence-electron chi connectivity index (χ3n) is 3.56. The van der Waals surface area contributed by atoms with Crippen LogP contribution in [0.5, 0.6) is 0 Å². The maximum absolute atomic E-state index is 4.20. The van der Waals surface area contributed by atoms with Crippen LogP contribution in [0.2, 0.25) is 0 Å². The minimum absolute atomic E-state index is 0.391. The SMILES string of the molecule is CC(NCC1CCCN1C)c1cnn(C)c1. The van der Waals surface area contributed by atoms with Crippen molar-refractivity contribution >= 4 is 0 Å². The Hall–Kier alpha value is -0.870. The maximum Gasteiger partial charge on any atom is 0.0537 e. The zero-order valence-electron chi connectivity index (χ0n) is 10.5. The summed E-state index contributed by atoms with van der Waals surface area (Å²) in [7, 11) is 4.18. The van der Waals surface area contributed by atoms with Crippen molar-refractivity contribution in [2.75, 3.05) is 20.1 Å². The number of rotatable bonds is 4. The van der Waals surface area contributed by atoms with Crippen LogP contribution in [-0.4, -0.2) is 40.9 Å². The van der Waals surface area contributed by atoms with E-state index >= 15 is 0 Å². The molecule has 2 atom stereocenters. The van der Waals surface area contributed by atoms with Crippen LogP contribution in [0.3, 0.4) is 0 Å². The van der Waals surface area contributed by atoms with Gasteiger partial charge in [-0.1, -0.05) is 0 Å². The smallest absolute Gasteiger partial charge is 0.0537 e. The zero-order chi connectivity index (χ0) is 11.5. The molecule has 2 heterocycles. The highest BCUT2D eigenvalue weighted by Crippen LogP contribution is 2.16. The van der Waals surface area contributed by atoms with Gasteiger partial charge in [-0.05, 0) is 33.4 Å². The normalized spacial score (nSPS) is 23.8. The second-order valence-corrected chi connectivity index (χ2v) is 4.85. The van der Waals surface area contributed by atoms with Crippen molar-refractivity contribution in [3.63, 3.8) is 0 Å². The van der Waals surface area contributed by atoms with E-state index in [0.717, 1.165) is 6.54 Å². The molecule has 0 amide bonds. The molecule has 1 N–H and O–H groups in total. The molecule has 1 aliphatic heterocycles. The van der Waals surface area contributed by atoms with Gasteiger partial charge in [0.1, 0.15) is 0 Å². The Morgan fingerprint density at radius 2 is 2.38 bits per heavy atom. The molecule has 0 bridgehead atoms. The summed E-state index contributed by atoms with van der Waals surface area (Å²) in [5, 5.41) is 7.79. The summed E-state index contributed by atoms with van der Waals surface area (Å²) in [5.41, 5.74) is 1.27. The lowest BCUT2D eigenvalue weighted by Crippen LogP contribution is -2.36. The fourth-order valence-corrected chi connectivity index (χ4v) is 2.33. The minimum atomic E-state index is 0.391. The van der Waals surface area contributed by atoms with E-state index in [1.54, 1.807) is 0 Å². The number of aryl methyl sites for hydroxylation is 1. The van der Waals surface area contributed by atoms with Crippen LogP contribution < -0.4 is 5.32 Å². The van der Waals surface area contributed by atoms with Gasteiger partial charge in [0.2, 0.25) is 0 Å². The Balaban J connectivity index is 1.81. The molecule has 1 aromatic rings. The molecular formula is C12H22N4. The molecule has 0 aliphatic carbocycles. The highest BCUT2D eigenvalue weighted by Gasteiger charge is 2.21. The van der Waals surface area contributed by atoms with E-state index in [9.17, 15) is 0 Å². The molecule has 0 spiro atoms. The third kappa shape index (κ3) is 2.62. The highest BCUT2D eigenvalue weighted by atomic mass is 15.2. The van der Waals surface area contributed by atoms with Crippen molar-refractivity contribution < 1.29 is 0 Å². The Morgan fingerprint density at radius 3 is 2.94 bits per heavy atom. The number of likely N-dealkylation sites (tertiary alicyclic amines) is 1. The van der Waals surface area contributed by atoms with Gasteiger partial charge < -0.3 is 10.2 Å². The highest BCUT2D eigenvalue weighted by molar-refractivity contribution is 5.08. The summed E-state index contributed by atoms with van der Waals surface area (Å²) >= 11 is 0. The molecule has 90 valence electrons. The van der Waals surface area contributed by atoms with Gasteiger partial charge in [-0.2, -0.15) is 5.10 Å². The molecule has 2 unspecified atom stereocenters. The quantitative estimate of drug-likeness (QED) is 0.830. The van der Waals surface area contributed by atoms with Gasteiger partial charge in [0.25, 0.3) is 0 Å². The largest absolute Gasteiger partial charge is 0.309 e. The molecule has 0 radical (unpaired) electrons. The number of likely N-dealkylation sites (N-methyl/N-ethyl adjacent to an activating group) is 1. The van der Waals surface area contributed by atoms with E-state index in [2.05, 4.69) is 35.5 Å². The van der Waals surface area contributed by atoms with Crippen LogP contribution in [0.15, 0.2) is 12.4 Å². The van der Waals surface area contributed by atoms with Gasteiger partial charge in [0.15, 0.2) is 0 Å². The van der Waals surface area contributed by atoms with E-state index in [-0.39, 0.29) is 0 Å². The number of aromatic nitrogens is 2. The van der Waals surface area contributed by atoms with Gasteiger partial charge in [-0.3, -0.25) is 4.68 Å². The van der Waals surface area contributed by atoms with Crippen LogP contribution in [0, 0.1) is 0 Å². The Morgan fingerprint density at radius 1 is 1.56 bits per heavy atom. The maximum atomic E-state index is 4.20. The number of hydrogen-bond donors (Lipinski definition) is 1. The Bertz CT molecular complexity index is 334. The zero-order valence-corrected chi connectivity index (χ0v) is 10.5. The van der Waals surface area contributed by atoms with Crippen molar-refractivity contribution in [2.45, 2.75) is 31.8 Å². The summed E-state index contributed by atoms with van der Waals surface area (Å²) in [6.07, 6.45) is 6.68. The molecule has 0 aromatic carbocycles. The Kier molecular flexibility index (Phi) is 3.61. The summed E-state index contributed by atoms with van der Waals surface area (Å²) in [4.78, 5) is 2.45. The summed E-state index contributed by atoms with van der Waals surface area (Å²) in [6.45, 7) is 4.52. The van der Waals surface area contributed by atoms with Crippen molar-refractivity contribution in [1.82, 2.24) is 20.0 Å². The van der Waals surface area contributed by atoms with Crippen LogP contribution in [0.25, 0.3) is 0 Å². The van der Waals surface area contributed by atoms with Crippen LogP contribution >= 0.6 is 0 Å². The average Bonchev–Trinajstić information content (AvgIpc) is 2.84. The number of nitrogens with one attached hydrogen (secondary N) is 1. The summed E-state index contributed by atoms with van der Waals surface area (Å²) < 4.78 is 1.86. The molecule has 4 nitrogen and oxygen atoms in total. The van der Waals surface area contributed by atoms with Crippen LogP contribution in [0.4, 0.5) is 0 Å². The van der Waals surface area contributed by atoms with Crippen molar-refractivity contribution in [1.29, 1.82) is 0 Å². The van der Waals surface area contributed by atoms with Crippen molar-refractivity contribution in [3.8, 4) is 0 Å². The minimum Gasteiger partial charge on any atom is -0.309 e. The fourth-order valence-electron chi connectivity index (χ4n) is 2.33. The van der Waals surface area contributed by atoms with Gasteiger partial charge in [0, 0.05) is 37.4 Å². The molecule has 1 aromatic heterocycles. The molecule has 2 rings (SSSR count). The van der Waals surface area contributed by atoms with Gasteiger partial charge in [-0.15, -0.1) is 0 Å². The second kappa shape index (κ2) is 4.97. The summed E-state index contributed by atoms with van der Waals surface area (Å²) in [5.74, 6) is 0. The van der Waals surface area contributed by atoms with E-state index in [4.69, 9.17) is 0 Å². The molecule has 1 fully saturated rings. The van der Waals surface area contributed by atoms with Gasteiger partial charge >= 0.3 is 0 Å². The topological polar surface area (TPSA) is 33.1 Å². The molecule has 1 saturated heterocycles. The van der Waals surface area contributed by atoms with E-state index in [0.29, 0.717) is 12.1 Å². The van der Waals surface area contributed by atoms with Crippen molar-refractivity contribution in [2.24, 2.45) is 7.05 Å². The second-order valence-electron chi connectivity index (χ2n) is 4.85. The first-order chi connectivity index (χ1) is 7.66. The fraction of sp³-hybridized carbons (Fsp3) is 0.750. The van der Waals surface area contributed by atoms with Gasteiger partial charge in [-0.25, -0.2) is 0 Å². The predicted octanol–water partition coefficient (Wildman–Crippen LogP) is 1.16. The lowest BCUT2D eigenvalue weighted by atomic mass is 10.1. The summed E-state index contributed by atoms with van der Waals surface area (Å²) in [6, 6.07) is 1.10. The standard InChI is InChI=1S/C12H22N4/c1-10(11-7-14-16(3)9-11)13-8-12-5-4-6-15(12)2/h7,9-10,12-13H,4-6,8H2,1-3H3. The predicted molar refractivity (Wildman–Crippen MR) is 65.3 cm³/mol. The first-order valence-corrected chi connectivity index (χ1v) is 6.09. The van der Waals surface area contributed by atoms with E-state index < -0.39 is 0 Å².